The number of hydrogen-bond donors (Lipinski definition) is 1. The van der Waals surface area contributed by atoms with Crippen LogP contribution in [0.5, 0.6) is 5.75 Å². The quantitative estimate of drug-likeness (QED) is 0.292. The summed E-state index contributed by atoms with van der Waals surface area (Å²) in [5.41, 5.74) is 3.75. The van der Waals surface area contributed by atoms with Crippen molar-refractivity contribution in [2.45, 2.75) is 26.8 Å². The van der Waals surface area contributed by atoms with Crippen molar-refractivity contribution in [3.05, 3.63) is 85.6 Å². The zero-order valence-corrected chi connectivity index (χ0v) is 19.7. The lowest BCUT2D eigenvalue weighted by Gasteiger charge is -2.25. The third kappa shape index (κ3) is 3.59. The number of aryl methyl sites for hydroxylation is 3. The van der Waals surface area contributed by atoms with Crippen LogP contribution in [0.3, 0.4) is 0 Å². The van der Waals surface area contributed by atoms with Crippen LogP contribution in [0.2, 0.25) is 5.02 Å². The summed E-state index contributed by atoms with van der Waals surface area (Å²) < 4.78 is 5.41. The predicted octanol–water partition coefficient (Wildman–Crippen LogP) is 5.96. The third-order valence-corrected chi connectivity index (χ3v) is 6.88. The van der Waals surface area contributed by atoms with Gasteiger partial charge >= 0.3 is 0 Å². The summed E-state index contributed by atoms with van der Waals surface area (Å²) in [5.74, 6) is -1.50. The standard InChI is InChI=1S/C25H22ClNO4S/c1-13-10-17(24(31-4)18(26)11-13)22(28)20-21(19-6-5-9-32-19)27(25(30)23(20)29)16-8-7-14(2)15(3)12-16/h5-12,21,28H,1-4H3/b22-20-. The van der Waals surface area contributed by atoms with Crippen LogP contribution in [0.15, 0.2) is 53.4 Å². The average Bonchev–Trinajstić information content (AvgIpc) is 3.36. The number of carbonyl (C=O) groups excluding carboxylic acids is 2. The van der Waals surface area contributed by atoms with E-state index in [1.54, 1.807) is 12.1 Å². The summed E-state index contributed by atoms with van der Waals surface area (Å²) in [5, 5.41) is 13.5. The lowest BCUT2D eigenvalue weighted by atomic mass is 9.98. The normalized spacial score (nSPS) is 17.8. The van der Waals surface area contributed by atoms with Crippen molar-refractivity contribution in [3.8, 4) is 5.75 Å². The molecule has 0 spiro atoms. The van der Waals surface area contributed by atoms with Gasteiger partial charge in [-0.1, -0.05) is 23.7 Å². The monoisotopic (exact) mass is 467 g/mol. The SMILES string of the molecule is COc1c(Cl)cc(C)cc1/C(O)=C1/C(=O)C(=O)N(c2ccc(C)c(C)c2)C1c1cccs1. The fraction of sp³-hybridized carbons (Fsp3) is 0.200. The molecule has 4 rings (SSSR count). The zero-order chi connectivity index (χ0) is 23.2. The first-order chi connectivity index (χ1) is 15.2. The zero-order valence-electron chi connectivity index (χ0n) is 18.1. The Balaban J connectivity index is 1.99. The molecule has 1 N–H and O–H groups in total. The second-order valence-corrected chi connectivity index (χ2v) is 9.17. The van der Waals surface area contributed by atoms with E-state index in [0.717, 1.165) is 21.6 Å². The number of ketones is 1. The molecule has 1 amide bonds. The highest BCUT2D eigenvalue weighted by Crippen LogP contribution is 2.45. The molecule has 1 saturated heterocycles. The molecule has 0 bridgehead atoms. The van der Waals surface area contributed by atoms with Crippen molar-refractivity contribution in [1.29, 1.82) is 0 Å². The maximum Gasteiger partial charge on any atom is 0.300 e. The van der Waals surface area contributed by atoms with Gasteiger partial charge in [-0.3, -0.25) is 14.5 Å². The molecule has 32 heavy (non-hydrogen) atoms. The maximum absolute atomic E-state index is 13.3. The number of carbonyl (C=O) groups is 2. The highest BCUT2D eigenvalue weighted by atomic mass is 35.5. The molecule has 1 aromatic heterocycles. The molecule has 1 unspecified atom stereocenters. The first kappa shape index (κ1) is 22.1. The number of thiophene rings is 1. The molecule has 7 heteroatoms. The molecule has 0 radical (unpaired) electrons. The fourth-order valence-electron chi connectivity index (χ4n) is 3.95. The van der Waals surface area contributed by atoms with Gasteiger partial charge in [0, 0.05) is 10.6 Å². The van der Waals surface area contributed by atoms with Crippen LogP contribution in [0.4, 0.5) is 5.69 Å². The number of anilines is 1. The van der Waals surface area contributed by atoms with E-state index in [1.807, 2.05) is 56.5 Å². The Morgan fingerprint density at radius 3 is 2.47 bits per heavy atom. The van der Waals surface area contributed by atoms with Crippen LogP contribution in [0, 0.1) is 20.8 Å². The minimum absolute atomic E-state index is 0.00986. The van der Waals surface area contributed by atoms with Gasteiger partial charge in [0.15, 0.2) is 0 Å². The van der Waals surface area contributed by atoms with Gasteiger partial charge < -0.3 is 9.84 Å². The second kappa shape index (κ2) is 8.45. The van der Waals surface area contributed by atoms with E-state index < -0.39 is 17.7 Å². The van der Waals surface area contributed by atoms with Crippen LogP contribution in [-0.4, -0.2) is 23.9 Å². The van der Waals surface area contributed by atoms with Gasteiger partial charge in [-0.15, -0.1) is 11.3 Å². The lowest BCUT2D eigenvalue weighted by Crippen LogP contribution is -2.29. The summed E-state index contributed by atoms with van der Waals surface area (Å²) in [6.07, 6.45) is 0. The topological polar surface area (TPSA) is 66.8 Å². The maximum atomic E-state index is 13.3. The Bertz CT molecular complexity index is 1260. The molecule has 1 aliphatic heterocycles. The van der Waals surface area contributed by atoms with E-state index in [0.29, 0.717) is 10.7 Å². The number of methoxy groups -OCH3 is 1. The number of nitrogens with zero attached hydrogens (tertiary/aromatic N) is 1. The number of halogens is 1. The Morgan fingerprint density at radius 1 is 1.09 bits per heavy atom. The molecule has 2 aromatic carbocycles. The van der Waals surface area contributed by atoms with Gasteiger partial charge in [0.25, 0.3) is 11.7 Å². The van der Waals surface area contributed by atoms with Crippen LogP contribution < -0.4 is 9.64 Å². The number of rotatable bonds is 4. The molecule has 0 saturated carbocycles. The number of Topliss-reactive ketones (excluding diaryl/α,β-unsaturated/α-hetero) is 1. The van der Waals surface area contributed by atoms with Gasteiger partial charge in [-0.25, -0.2) is 0 Å². The number of ether oxygens (including phenoxy) is 1. The van der Waals surface area contributed by atoms with E-state index >= 15 is 0 Å². The number of aliphatic hydroxyl groups excluding tert-OH is 1. The Kier molecular flexibility index (Phi) is 5.84. The molecule has 1 atom stereocenters. The van der Waals surface area contributed by atoms with Gasteiger partial charge in [0.2, 0.25) is 0 Å². The van der Waals surface area contributed by atoms with Crippen molar-refractivity contribution in [2.24, 2.45) is 0 Å². The van der Waals surface area contributed by atoms with E-state index in [9.17, 15) is 14.7 Å². The number of amides is 1. The lowest BCUT2D eigenvalue weighted by molar-refractivity contribution is -0.132. The summed E-state index contributed by atoms with van der Waals surface area (Å²) in [7, 11) is 1.44. The van der Waals surface area contributed by atoms with Crippen molar-refractivity contribution in [1.82, 2.24) is 0 Å². The molecule has 164 valence electrons. The van der Waals surface area contributed by atoms with Crippen molar-refractivity contribution < 1.29 is 19.4 Å². The Morgan fingerprint density at radius 2 is 1.84 bits per heavy atom. The number of aliphatic hydroxyl groups is 1. The van der Waals surface area contributed by atoms with E-state index in [2.05, 4.69) is 0 Å². The highest BCUT2D eigenvalue weighted by molar-refractivity contribution is 7.10. The second-order valence-electron chi connectivity index (χ2n) is 7.78. The van der Waals surface area contributed by atoms with Gasteiger partial charge in [0.1, 0.15) is 17.6 Å². The predicted molar refractivity (Wildman–Crippen MR) is 128 cm³/mol. The van der Waals surface area contributed by atoms with Crippen LogP contribution in [0.25, 0.3) is 5.76 Å². The van der Waals surface area contributed by atoms with E-state index in [-0.39, 0.29) is 22.6 Å². The summed E-state index contributed by atoms with van der Waals surface area (Å²) in [6, 6.07) is 12.0. The largest absolute Gasteiger partial charge is 0.507 e. The van der Waals surface area contributed by atoms with Crippen LogP contribution in [0.1, 0.15) is 33.2 Å². The Labute approximate surface area is 195 Å². The Hall–Kier alpha value is -3.09. The number of benzene rings is 2. The van der Waals surface area contributed by atoms with Crippen molar-refractivity contribution in [2.75, 3.05) is 12.0 Å². The van der Waals surface area contributed by atoms with Crippen molar-refractivity contribution in [3.63, 3.8) is 0 Å². The molecular formula is C25H22ClNO4S. The smallest absolute Gasteiger partial charge is 0.300 e. The summed E-state index contributed by atoms with van der Waals surface area (Å²) >= 11 is 7.74. The highest BCUT2D eigenvalue weighted by Gasteiger charge is 2.47. The first-order valence-corrected chi connectivity index (χ1v) is 11.3. The molecule has 3 aromatic rings. The molecule has 1 fully saturated rings. The molecule has 1 aliphatic rings. The van der Waals surface area contributed by atoms with Gasteiger partial charge in [0.05, 0.1) is 23.3 Å². The third-order valence-electron chi connectivity index (χ3n) is 5.67. The molecule has 5 nitrogen and oxygen atoms in total. The molecule has 0 aliphatic carbocycles. The molecule has 2 heterocycles. The minimum Gasteiger partial charge on any atom is -0.507 e. The summed E-state index contributed by atoms with van der Waals surface area (Å²) in [4.78, 5) is 28.7. The van der Waals surface area contributed by atoms with Crippen LogP contribution in [-0.2, 0) is 9.59 Å². The minimum atomic E-state index is -0.763. The van der Waals surface area contributed by atoms with Gasteiger partial charge in [-0.05, 0) is 73.2 Å². The van der Waals surface area contributed by atoms with E-state index in [4.69, 9.17) is 16.3 Å². The fourth-order valence-corrected chi connectivity index (χ4v) is 5.12. The van der Waals surface area contributed by atoms with Crippen LogP contribution >= 0.6 is 22.9 Å². The summed E-state index contributed by atoms with van der Waals surface area (Å²) in [6.45, 7) is 5.76. The molecular weight excluding hydrogens is 446 g/mol. The average molecular weight is 468 g/mol. The van der Waals surface area contributed by atoms with E-state index in [1.165, 1.54) is 23.3 Å². The van der Waals surface area contributed by atoms with Crippen molar-refractivity contribution >= 4 is 46.1 Å². The number of hydrogen-bond acceptors (Lipinski definition) is 5. The van der Waals surface area contributed by atoms with Gasteiger partial charge in [-0.2, -0.15) is 0 Å². The first-order valence-electron chi connectivity index (χ1n) is 10.0.